The van der Waals surface area contributed by atoms with Crippen LogP contribution in [0.4, 0.5) is 0 Å². The van der Waals surface area contributed by atoms with Gasteiger partial charge in [0.1, 0.15) is 11.9 Å². The van der Waals surface area contributed by atoms with Crippen LogP contribution in [0.5, 0.6) is 5.75 Å². The molecule has 1 aromatic carbocycles. The summed E-state index contributed by atoms with van der Waals surface area (Å²) in [7, 11) is 1.70. The van der Waals surface area contributed by atoms with Gasteiger partial charge in [0.15, 0.2) is 0 Å². The summed E-state index contributed by atoms with van der Waals surface area (Å²) in [5.74, 6) is 0.862. The fourth-order valence-electron chi connectivity index (χ4n) is 1.99. The second-order valence-electron chi connectivity index (χ2n) is 4.98. The minimum absolute atomic E-state index is 0.0384. The van der Waals surface area contributed by atoms with Crippen molar-refractivity contribution < 1.29 is 9.47 Å². The Bertz CT molecular complexity index is 407. The summed E-state index contributed by atoms with van der Waals surface area (Å²) in [6.45, 7) is 3.50. The lowest BCUT2D eigenvalue weighted by Crippen LogP contribution is -2.35. The Kier molecular flexibility index (Phi) is 5.49. The number of hydrogen-bond acceptors (Lipinski definition) is 3. The van der Waals surface area contributed by atoms with E-state index in [-0.39, 0.29) is 6.10 Å². The van der Waals surface area contributed by atoms with Gasteiger partial charge in [0, 0.05) is 24.7 Å². The predicted molar refractivity (Wildman–Crippen MR) is 78.1 cm³/mol. The fourth-order valence-corrected chi connectivity index (χ4v) is 2.25. The summed E-state index contributed by atoms with van der Waals surface area (Å²) in [4.78, 5) is 0. The number of nitrogens with one attached hydrogen (secondary N) is 1. The van der Waals surface area contributed by atoms with Crippen molar-refractivity contribution in [3.05, 3.63) is 28.8 Å². The molecule has 0 saturated heterocycles. The van der Waals surface area contributed by atoms with E-state index in [0.717, 1.165) is 29.3 Å². The van der Waals surface area contributed by atoms with Crippen molar-refractivity contribution in [1.82, 2.24) is 5.32 Å². The second kappa shape index (κ2) is 7.13. The molecule has 1 aliphatic rings. The van der Waals surface area contributed by atoms with E-state index in [0.29, 0.717) is 12.6 Å². The van der Waals surface area contributed by atoms with Crippen LogP contribution in [0.2, 0.25) is 5.02 Å². The van der Waals surface area contributed by atoms with Gasteiger partial charge in [0.05, 0.1) is 6.61 Å². The van der Waals surface area contributed by atoms with Crippen molar-refractivity contribution in [2.24, 2.45) is 0 Å². The maximum atomic E-state index is 6.11. The lowest BCUT2D eigenvalue weighted by Gasteiger charge is -2.19. The Morgan fingerprint density at radius 3 is 2.84 bits per heavy atom. The molecule has 0 heterocycles. The lowest BCUT2D eigenvalue weighted by atomic mass is 10.1. The summed E-state index contributed by atoms with van der Waals surface area (Å²) in [5.41, 5.74) is 1.12. The third kappa shape index (κ3) is 4.68. The van der Waals surface area contributed by atoms with Crippen molar-refractivity contribution in [3.63, 3.8) is 0 Å². The first-order valence-electron chi connectivity index (χ1n) is 6.90. The van der Waals surface area contributed by atoms with Crippen molar-refractivity contribution in [1.29, 1.82) is 0 Å². The third-order valence-electron chi connectivity index (χ3n) is 3.26. The average Bonchev–Trinajstić information content (AvgIpc) is 3.22. The molecule has 3 nitrogen and oxygen atoms in total. The smallest absolute Gasteiger partial charge is 0.134 e. The molecule has 0 bridgehead atoms. The van der Waals surface area contributed by atoms with Crippen LogP contribution in [-0.2, 0) is 11.2 Å². The normalized spacial score (nSPS) is 16.4. The van der Waals surface area contributed by atoms with Crippen molar-refractivity contribution >= 4 is 11.6 Å². The predicted octanol–water partition coefficient (Wildman–Crippen LogP) is 3.05. The van der Waals surface area contributed by atoms with Crippen LogP contribution in [0.25, 0.3) is 0 Å². The largest absolute Gasteiger partial charge is 0.487 e. The topological polar surface area (TPSA) is 30.5 Å². The van der Waals surface area contributed by atoms with Gasteiger partial charge in [0.25, 0.3) is 0 Å². The molecule has 1 aliphatic carbocycles. The number of methoxy groups -OCH3 is 1. The third-order valence-corrected chi connectivity index (χ3v) is 3.63. The summed E-state index contributed by atoms with van der Waals surface area (Å²) in [6.07, 6.45) is 3.50. The van der Waals surface area contributed by atoms with E-state index in [1.54, 1.807) is 7.11 Å². The quantitative estimate of drug-likeness (QED) is 0.795. The summed E-state index contributed by atoms with van der Waals surface area (Å²) in [6, 6.07) is 6.51. The van der Waals surface area contributed by atoms with Crippen LogP contribution in [-0.4, -0.2) is 32.4 Å². The van der Waals surface area contributed by atoms with E-state index in [9.17, 15) is 0 Å². The molecule has 0 aromatic heterocycles. The fraction of sp³-hybridized carbons (Fsp3) is 0.600. The zero-order chi connectivity index (χ0) is 13.7. The highest BCUT2D eigenvalue weighted by Crippen LogP contribution is 2.23. The molecule has 0 aliphatic heterocycles. The van der Waals surface area contributed by atoms with Crippen LogP contribution < -0.4 is 10.1 Å². The van der Waals surface area contributed by atoms with Crippen LogP contribution >= 0.6 is 11.6 Å². The standard InChI is InChI=1S/C15H22ClNO2/c1-3-11-8-13(6-7-15(11)16)19-14(10-18-2)9-17-12-4-5-12/h6-8,12,14,17H,3-5,9-10H2,1-2H3. The first-order valence-corrected chi connectivity index (χ1v) is 7.28. The number of rotatable bonds is 8. The van der Waals surface area contributed by atoms with E-state index >= 15 is 0 Å². The van der Waals surface area contributed by atoms with E-state index in [2.05, 4.69) is 12.2 Å². The Balaban J connectivity index is 1.94. The highest BCUT2D eigenvalue weighted by Gasteiger charge is 2.22. The van der Waals surface area contributed by atoms with Crippen LogP contribution in [0.1, 0.15) is 25.3 Å². The second-order valence-corrected chi connectivity index (χ2v) is 5.39. The molecule has 1 saturated carbocycles. The maximum absolute atomic E-state index is 6.11. The molecule has 1 atom stereocenters. The first-order chi connectivity index (χ1) is 9.22. The van der Waals surface area contributed by atoms with Gasteiger partial charge in [-0.1, -0.05) is 18.5 Å². The number of hydrogen-bond donors (Lipinski definition) is 1. The molecule has 106 valence electrons. The van der Waals surface area contributed by atoms with Crippen molar-refractivity contribution in [2.75, 3.05) is 20.3 Å². The molecule has 0 amide bonds. The molecule has 0 spiro atoms. The lowest BCUT2D eigenvalue weighted by molar-refractivity contribution is 0.0803. The Labute approximate surface area is 120 Å². The van der Waals surface area contributed by atoms with Crippen LogP contribution in [0.15, 0.2) is 18.2 Å². The minimum atomic E-state index is 0.0384. The molecule has 19 heavy (non-hydrogen) atoms. The zero-order valence-electron chi connectivity index (χ0n) is 11.6. The molecule has 1 N–H and O–H groups in total. The monoisotopic (exact) mass is 283 g/mol. The van der Waals surface area contributed by atoms with Crippen LogP contribution in [0.3, 0.4) is 0 Å². The van der Waals surface area contributed by atoms with Gasteiger partial charge in [-0.3, -0.25) is 0 Å². The average molecular weight is 284 g/mol. The van der Waals surface area contributed by atoms with Gasteiger partial charge in [-0.2, -0.15) is 0 Å². The number of ether oxygens (including phenoxy) is 2. The molecule has 4 heteroatoms. The number of halogens is 1. The molecular formula is C15H22ClNO2. The van der Waals surface area contributed by atoms with E-state index in [1.807, 2.05) is 18.2 Å². The maximum Gasteiger partial charge on any atom is 0.134 e. The first kappa shape index (κ1) is 14.6. The Morgan fingerprint density at radius 2 is 2.21 bits per heavy atom. The summed E-state index contributed by atoms with van der Waals surface area (Å²) < 4.78 is 11.2. The van der Waals surface area contributed by atoms with Crippen molar-refractivity contribution in [3.8, 4) is 5.75 Å². The SMILES string of the molecule is CCc1cc(OC(CNC2CC2)COC)ccc1Cl. The molecule has 1 aromatic rings. The molecule has 1 unspecified atom stereocenters. The van der Waals surface area contributed by atoms with Gasteiger partial charge in [0.2, 0.25) is 0 Å². The van der Waals surface area contributed by atoms with Crippen molar-refractivity contribution in [2.45, 2.75) is 38.3 Å². The highest BCUT2D eigenvalue weighted by molar-refractivity contribution is 6.31. The highest BCUT2D eigenvalue weighted by atomic mass is 35.5. The zero-order valence-corrected chi connectivity index (χ0v) is 12.4. The van der Waals surface area contributed by atoms with Gasteiger partial charge >= 0.3 is 0 Å². The Hall–Kier alpha value is -0.770. The number of benzene rings is 1. The molecule has 0 radical (unpaired) electrons. The van der Waals surface area contributed by atoms with Gasteiger partial charge in [-0.25, -0.2) is 0 Å². The molecule has 1 fully saturated rings. The minimum Gasteiger partial charge on any atom is -0.487 e. The number of aryl methyl sites for hydroxylation is 1. The van der Waals surface area contributed by atoms with E-state index in [4.69, 9.17) is 21.1 Å². The van der Waals surface area contributed by atoms with Gasteiger partial charge in [-0.05, 0) is 43.0 Å². The summed E-state index contributed by atoms with van der Waals surface area (Å²) >= 11 is 6.11. The van der Waals surface area contributed by atoms with Gasteiger partial charge in [-0.15, -0.1) is 0 Å². The van der Waals surface area contributed by atoms with Crippen LogP contribution in [0, 0.1) is 0 Å². The molecular weight excluding hydrogens is 262 g/mol. The van der Waals surface area contributed by atoms with E-state index < -0.39 is 0 Å². The van der Waals surface area contributed by atoms with Gasteiger partial charge < -0.3 is 14.8 Å². The Morgan fingerprint density at radius 1 is 1.42 bits per heavy atom. The van der Waals surface area contributed by atoms with E-state index in [1.165, 1.54) is 12.8 Å². The summed E-state index contributed by atoms with van der Waals surface area (Å²) in [5, 5.41) is 4.27. The molecule has 2 rings (SSSR count).